The maximum Gasteiger partial charge on any atom is 0.132 e. The summed E-state index contributed by atoms with van der Waals surface area (Å²) in [6.45, 7) is 7.40. The second-order valence-electron chi connectivity index (χ2n) is 4.87. The van der Waals surface area contributed by atoms with Crippen molar-refractivity contribution in [3.8, 4) is 0 Å². The first-order valence-electron chi connectivity index (χ1n) is 4.88. The highest BCUT2D eigenvalue weighted by molar-refractivity contribution is 5.25. The summed E-state index contributed by atoms with van der Waals surface area (Å²) < 4.78 is 39.5. The highest BCUT2D eigenvalue weighted by Crippen LogP contribution is 2.37. The van der Waals surface area contributed by atoms with Gasteiger partial charge in [-0.15, -0.1) is 0 Å². The molecule has 1 aromatic carbocycles. The molecule has 84 valence electrons. The van der Waals surface area contributed by atoms with E-state index in [4.69, 9.17) is 0 Å². The monoisotopic (exact) mass is 216 g/mol. The number of benzene rings is 1. The molecular weight excluding hydrogens is 201 g/mol. The number of rotatable bonds is 1. The Labute approximate surface area is 88.1 Å². The molecule has 15 heavy (non-hydrogen) atoms. The van der Waals surface area contributed by atoms with Crippen molar-refractivity contribution in [1.82, 2.24) is 0 Å². The first-order valence-corrected chi connectivity index (χ1v) is 4.88. The van der Waals surface area contributed by atoms with Crippen molar-refractivity contribution in [2.45, 2.75) is 33.6 Å². The average Bonchev–Trinajstić information content (AvgIpc) is 1.99. The van der Waals surface area contributed by atoms with Crippen LogP contribution >= 0.6 is 0 Å². The van der Waals surface area contributed by atoms with Crippen LogP contribution in [0.2, 0.25) is 0 Å². The maximum atomic E-state index is 13.4. The molecule has 1 rings (SSSR count). The molecule has 0 aliphatic rings. The predicted octanol–water partition coefficient (Wildman–Crippen LogP) is 4.25. The molecule has 0 bridgehead atoms. The topological polar surface area (TPSA) is 0 Å². The van der Waals surface area contributed by atoms with Crippen LogP contribution in [-0.4, -0.2) is 0 Å². The molecule has 1 aromatic rings. The van der Waals surface area contributed by atoms with E-state index < -0.39 is 17.5 Å². The normalized spacial score (nSPS) is 14.1. The quantitative estimate of drug-likeness (QED) is 0.658. The van der Waals surface area contributed by atoms with Crippen LogP contribution in [0.5, 0.6) is 0 Å². The second kappa shape index (κ2) is 3.87. The molecule has 3 heteroatoms. The summed E-state index contributed by atoms with van der Waals surface area (Å²) >= 11 is 0. The third kappa shape index (κ3) is 2.52. The molecule has 0 amide bonds. The molecule has 0 nitrogen and oxygen atoms in total. The average molecular weight is 216 g/mol. The van der Waals surface area contributed by atoms with Crippen molar-refractivity contribution in [1.29, 1.82) is 0 Å². The van der Waals surface area contributed by atoms with Crippen LogP contribution in [0.25, 0.3) is 0 Å². The Morgan fingerprint density at radius 3 is 1.73 bits per heavy atom. The first kappa shape index (κ1) is 12.1. The van der Waals surface area contributed by atoms with Gasteiger partial charge in [-0.25, -0.2) is 13.2 Å². The smallest absolute Gasteiger partial charge is 0.132 e. The third-order valence-corrected chi connectivity index (χ3v) is 2.78. The summed E-state index contributed by atoms with van der Waals surface area (Å²) in [6.07, 6.45) is 0. The highest BCUT2D eigenvalue weighted by atomic mass is 19.1. The van der Waals surface area contributed by atoms with Gasteiger partial charge in [0, 0.05) is 17.7 Å². The van der Waals surface area contributed by atoms with Gasteiger partial charge in [-0.3, -0.25) is 0 Å². The minimum atomic E-state index is -0.880. The van der Waals surface area contributed by atoms with Crippen molar-refractivity contribution in [3.63, 3.8) is 0 Å². The van der Waals surface area contributed by atoms with E-state index in [0.717, 1.165) is 12.1 Å². The van der Waals surface area contributed by atoms with Crippen molar-refractivity contribution >= 4 is 0 Å². The van der Waals surface area contributed by atoms with Gasteiger partial charge in [0.2, 0.25) is 0 Å². The minimum absolute atomic E-state index is 0.0381. The molecule has 0 aliphatic heterocycles. The lowest BCUT2D eigenvalue weighted by molar-refractivity contribution is 0.321. The molecular formula is C12H15F3. The number of hydrogen-bond donors (Lipinski definition) is 0. The Balaban J connectivity index is 3.26. The summed E-state index contributed by atoms with van der Waals surface area (Å²) in [4.78, 5) is 0. The molecule has 0 aliphatic carbocycles. The van der Waals surface area contributed by atoms with Crippen LogP contribution in [0.4, 0.5) is 13.2 Å². The lowest BCUT2D eigenvalue weighted by Crippen LogP contribution is -2.18. The highest BCUT2D eigenvalue weighted by Gasteiger charge is 2.27. The zero-order valence-electron chi connectivity index (χ0n) is 9.37. The van der Waals surface area contributed by atoms with Crippen molar-refractivity contribution < 1.29 is 13.2 Å². The van der Waals surface area contributed by atoms with Crippen LogP contribution in [0.1, 0.15) is 39.2 Å². The molecule has 0 heterocycles. The Kier molecular flexibility index (Phi) is 3.12. The van der Waals surface area contributed by atoms with E-state index in [-0.39, 0.29) is 16.9 Å². The second-order valence-corrected chi connectivity index (χ2v) is 4.87. The maximum absolute atomic E-state index is 13.4. The van der Waals surface area contributed by atoms with Crippen LogP contribution in [0, 0.1) is 22.9 Å². The largest absolute Gasteiger partial charge is 0.207 e. The van der Waals surface area contributed by atoms with E-state index in [9.17, 15) is 13.2 Å². The summed E-state index contributed by atoms with van der Waals surface area (Å²) in [5, 5.41) is 0. The molecule has 1 atom stereocenters. The first-order chi connectivity index (χ1) is 6.73. The molecule has 1 unspecified atom stereocenters. The number of hydrogen-bond acceptors (Lipinski definition) is 0. The van der Waals surface area contributed by atoms with Crippen molar-refractivity contribution in [2.75, 3.05) is 0 Å². The summed E-state index contributed by atoms with van der Waals surface area (Å²) in [5.41, 5.74) is -0.302. The molecule has 0 N–H and O–H groups in total. The summed E-state index contributed by atoms with van der Waals surface area (Å²) in [5.74, 6) is -2.81. The molecule has 0 aromatic heterocycles. The predicted molar refractivity (Wildman–Crippen MR) is 54.2 cm³/mol. The fourth-order valence-corrected chi connectivity index (χ4v) is 1.40. The van der Waals surface area contributed by atoms with Crippen molar-refractivity contribution in [2.24, 2.45) is 5.41 Å². The Hall–Kier alpha value is -0.990. The van der Waals surface area contributed by atoms with E-state index in [1.54, 1.807) is 6.92 Å². The van der Waals surface area contributed by atoms with E-state index in [0.29, 0.717) is 0 Å². The molecule has 0 fully saturated rings. The lowest BCUT2D eigenvalue weighted by Gasteiger charge is -2.28. The minimum Gasteiger partial charge on any atom is -0.207 e. The number of halogens is 3. The lowest BCUT2D eigenvalue weighted by atomic mass is 9.77. The van der Waals surface area contributed by atoms with E-state index in [1.807, 2.05) is 20.8 Å². The van der Waals surface area contributed by atoms with Gasteiger partial charge in [0.1, 0.15) is 17.5 Å². The molecule has 0 saturated carbocycles. The van der Waals surface area contributed by atoms with Crippen molar-refractivity contribution in [3.05, 3.63) is 35.1 Å². The van der Waals surface area contributed by atoms with Gasteiger partial charge in [0.25, 0.3) is 0 Å². The fraction of sp³-hybridized carbons (Fsp3) is 0.500. The van der Waals surface area contributed by atoms with Crippen LogP contribution < -0.4 is 0 Å². The van der Waals surface area contributed by atoms with Crippen LogP contribution in [-0.2, 0) is 0 Å². The van der Waals surface area contributed by atoms with Gasteiger partial charge >= 0.3 is 0 Å². The summed E-state index contributed by atoms with van der Waals surface area (Å²) in [6, 6.07) is 1.45. The zero-order chi connectivity index (χ0) is 11.8. The van der Waals surface area contributed by atoms with Gasteiger partial charge in [-0.2, -0.15) is 0 Å². The SMILES string of the molecule is CC(c1c(F)cc(F)cc1F)C(C)(C)C. The van der Waals surface area contributed by atoms with Gasteiger partial charge in [0.05, 0.1) is 0 Å². The van der Waals surface area contributed by atoms with Gasteiger partial charge < -0.3 is 0 Å². The van der Waals surface area contributed by atoms with Crippen LogP contribution in [0.3, 0.4) is 0 Å². The van der Waals surface area contributed by atoms with Crippen LogP contribution in [0.15, 0.2) is 12.1 Å². The molecule has 0 radical (unpaired) electrons. The zero-order valence-corrected chi connectivity index (χ0v) is 9.37. The third-order valence-electron chi connectivity index (χ3n) is 2.78. The van der Waals surface area contributed by atoms with E-state index in [2.05, 4.69) is 0 Å². The molecule has 0 spiro atoms. The fourth-order valence-electron chi connectivity index (χ4n) is 1.40. The molecule has 0 saturated heterocycles. The Morgan fingerprint density at radius 1 is 1.00 bits per heavy atom. The van der Waals surface area contributed by atoms with Gasteiger partial charge in [-0.05, 0) is 11.3 Å². The standard InChI is InChI=1S/C12H15F3/c1-7(12(2,3)4)11-9(14)5-8(13)6-10(11)15/h5-7H,1-4H3. The van der Waals surface area contributed by atoms with Gasteiger partial charge in [0.15, 0.2) is 0 Å². The van der Waals surface area contributed by atoms with E-state index in [1.165, 1.54) is 0 Å². The Bertz CT molecular complexity index is 341. The van der Waals surface area contributed by atoms with E-state index >= 15 is 0 Å². The summed E-state index contributed by atoms with van der Waals surface area (Å²) in [7, 11) is 0. The Morgan fingerprint density at radius 2 is 1.40 bits per heavy atom. The van der Waals surface area contributed by atoms with Gasteiger partial charge in [-0.1, -0.05) is 27.7 Å².